The van der Waals surface area contributed by atoms with E-state index in [0.717, 1.165) is 24.3 Å². The summed E-state index contributed by atoms with van der Waals surface area (Å²) in [5.41, 5.74) is 0.118. The number of benzene rings is 1. The molecule has 2 bridgehead atoms. The van der Waals surface area contributed by atoms with E-state index < -0.39 is 5.60 Å². The summed E-state index contributed by atoms with van der Waals surface area (Å²) in [6.45, 7) is 0.905. The van der Waals surface area contributed by atoms with Crippen molar-refractivity contribution < 1.29 is 9.84 Å². The molecule has 0 radical (unpaired) electrons. The Kier molecular flexibility index (Phi) is 5.89. The summed E-state index contributed by atoms with van der Waals surface area (Å²) in [7, 11) is 5.81. The van der Waals surface area contributed by atoms with Crippen molar-refractivity contribution in [1.82, 2.24) is 4.90 Å². The van der Waals surface area contributed by atoms with Gasteiger partial charge < -0.3 is 14.7 Å². The minimum Gasteiger partial charge on any atom is -0.497 e. The number of halogens is 2. The van der Waals surface area contributed by atoms with E-state index in [2.05, 4.69) is 19.0 Å². The lowest BCUT2D eigenvalue weighted by Gasteiger charge is -2.45. The van der Waals surface area contributed by atoms with Gasteiger partial charge in [0.25, 0.3) is 0 Å². The van der Waals surface area contributed by atoms with Crippen LogP contribution in [0.25, 0.3) is 0 Å². The van der Waals surface area contributed by atoms with Crippen LogP contribution in [-0.2, 0) is 5.60 Å². The van der Waals surface area contributed by atoms with Crippen LogP contribution < -0.4 is 4.74 Å². The molecule has 2 saturated carbocycles. The zero-order valence-corrected chi connectivity index (χ0v) is 15.7. The van der Waals surface area contributed by atoms with Gasteiger partial charge in [-0.1, -0.05) is 18.0 Å². The normalized spacial score (nSPS) is 32.7. The second kappa shape index (κ2) is 7.18. The lowest BCUT2D eigenvalue weighted by Crippen LogP contribution is -2.47. The van der Waals surface area contributed by atoms with Gasteiger partial charge in [-0.05, 0) is 69.0 Å². The smallest absolute Gasteiger partial charge is 0.120 e. The number of hydrogen-bond acceptors (Lipinski definition) is 3. The van der Waals surface area contributed by atoms with Crippen LogP contribution >= 0.6 is 24.0 Å². The highest BCUT2D eigenvalue weighted by Crippen LogP contribution is 2.54. The number of hydrogen-bond donors (Lipinski definition) is 1. The van der Waals surface area contributed by atoms with E-state index in [4.69, 9.17) is 16.3 Å². The first-order chi connectivity index (χ1) is 10.4. The molecule has 0 aliphatic heterocycles. The minimum atomic E-state index is -0.799. The molecule has 0 saturated heterocycles. The first-order valence-electron chi connectivity index (χ1n) is 8.14. The fourth-order valence-electron chi connectivity index (χ4n) is 4.60. The van der Waals surface area contributed by atoms with Crippen LogP contribution in [0, 0.1) is 17.8 Å². The third-order valence-corrected chi connectivity index (χ3v) is 5.75. The second-order valence-corrected chi connectivity index (χ2v) is 7.75. The monoisotopic (exact) mass is 359 g/mol. The molecule has 130 valence electrons. The average molecular weight is 360 g/mol. The standard InChI is InChI=1S/C18H26ClNO2.ClH/c1-20(2)11-17-13-5-4-12(6-13)10-18(17,21)14-7-15(19)9-16(8-14)22-3;/h7-9,12-13,17,21H,4-6,10-11H2,1-3H3;1H. The van der Waals surface area contributed by atoms with Crippen LogP contribution in [0.4, 0.5) is 0 Å². The van der Waals surface area contributed by atoms with Gasteiger partial charge in [-0.2, -0.15) is 0 Å². The van der Waals surface area contributed by atoms with Crippen LogP contribution in [0.15, 0.2) is 18.2 Å². The molecule has 2 fully saturated rings. The highest BCUT2D eigenvalue weighted by molar-refractivity contribution is 6.30. The predicted octanol–water partition coefficient (Wildman–Crippen LogP) is 3.96. The number of methoxy groups -OCH3 is 1. The maximum absolute atomic E-state index is 11.6. The summed E-state index contributed by atoms with van der Waals surface area (Å²) >= 11 is 6.25. The molecule has 0 amide bonds. The molecule has 2 aliphatic rings. The van der Waals surface area contributed by atoms with Crippen LogP contribution in [0.2, 0.25) is 5.02 Å². The fourth-order valence-corrected chi connectivity index (χ4v) is 4.83. The molecule has 5 heteroatoms. The lowest BCUT2D eigenvalue weighted by molar-refractivity contribution is -0.0892. The Morgan fingerprint density at radius 1 is 1.30 bits per heavy atom. The van der Waals surface area contributed by atoms with Gasteiger partial charge in [0.2, 0.25) is 0 Å². The van der Waals surface area contributed by atoms with Gasteiger partial charge in [-0.15, -0.1) is 12.4 Å². The van der Waals surface area contributed by atoms with E-state index in [1.54, 1.807) is 13.2 Å². The van der Waals surface area contributed by atoms with Gasteiger partial charge in [0.15, 0.2) is 0 Å². The SMILES string of the molecule is COc1cc(Cl)cc(C2(O)CC3CCC(C3)C2CN(C)C)c1.Cl. The second-order valence-electron chi connectivity index (χ2n) is 7.32. The Labute approximate surface area is 150 Å². The molecule has 1 aromatic rings. The molecule has 3 rings (SSSR count). The summed E-state index contributed by atoms with van der Waals surface area (Å²) in [6, 6.07) is 5.67. The quantitative estimate of drug-likeness (QED) is 0.882. The highest BCUT2D eigenvalue weighted by atomic mass is 35.5. The van der Waals surface area contributed by atoms with Crippen LogP contribution in [-0.4, -0.2) is 37.8 Å². The zero-order chi connectivity index (χ0) is 15.9. The van der Waals surface area contributed by atoms with E-state index in [1.807, 2.05) is 12.1 Å². The Balaban J connectivity index is 0.00000192. The molecule has 1 aromatic carbocycles. The van der Waals surface area contributed by atoms with E-state index in [0.29, 0.717) is 16.9 Å². The molecule has 4 unspecified atom stereocenters. The maximum atomic E-state index is 11.6. The first-order valence-corrected chi connectivity index (χ1v) is 8.52. The largest absolute Gasteiger partial charge is 0.497 e. The van der Waals surface area contributed by atoms with Gasteiger partial charge >= 0.3 is 0 Å². The minimum absolute atomic E-state index is 0. The molecule has 0 heterocycles. The van der Waals surface area contributed by atoms with Crippen molar-refractivity contribution in [2.24, 2.45) is 17.8 Å². The van der Waals surface area contributed by atoms with E-state index in [1.165, 1.54) is 19.3 Å². The Bertz CT molecular complexity index is 552. The first kappa shape index (κ1) is 18.9. The molecule has 0 aromatic heterocycles. The summed E-state index contributed by atoms with van der Waals surface area (Å²) in [6.07, 6.45) is 4.59. The molecule has 3 nitrogen and oxygen atoms in total. The molecule has 0 spiro atoms. The van der Waals surface area contributed by atoms with Crippen molar-refractivity contribution >= 4 is 24.0 Å². The van der Waals surface area contributed by atoms with Gasteiger partial charge in [0.1, 0.15) is 5.75 Å². The Morgan fingerprint density at radius 3 is 2.70 bits per heavy atom. The molecule has 23 heavy (non-hydrogen) atoms. The van der Waals surface area contributed by atoms with Crippen LogP contribution in [0.5, 0.6) is 5.75 Å². The van der Waals surface area contributed by atoms with Crippen molar-refractivity contribution in [3.8, 4) is 5.75 Å². The number of ether oxygens (including phenoxy) is 1. The predicted molar refractivity (Wildman–Crippen MR) is 96.6 cm³/mol. The van der Waals surface area contributed by atoms with Gasteiger partial charge in [-0.3, -0.25) is 0 Å². The topological polar surface area (TPSA) is 32.7 Å². The van der Waals surface area contributed by atoms with Gasteiger partial charge in [-0.25, -0.2) is 0 Å². The molecule has 1 N–H and O–H groups in total. The molecular weight excluding hydrogens is 333 g/mol. The van der Waals surface area contributed by atoms with Crippen LogP contribution in [0.3, 0.4) is 0 Å². The number of fused-ring (bicyclic) bond motifs is 2. The van der Waals surface area contributed by atoms with E-state index in [9.17, 15) is 5.11 Å². The summed E-state index contributed by atoms with van der Waals surface area (Å²) in [5, 5.41) is 12.3. The Morgan fingerprint density at radius 2 is 2.04 bits per heavy atom. The fraction of sp³-hybridized carbons (Fsp3) is 0.667. The third-order valence-electron chi connectivity index (χ3n) is 5.53. The van der Waals surface area contributed by atoms with Gasteiger partial charge in [0, 0.05) is 17.5 Å². The number of nitrogens with zero attached hydrogens (tertiary/aromatic N) is 1. The van der Waals surface area contributed by atoms with E-state index in [-0.39, 0.29) is 18.3 Å². The van der Waals surface area contributed by atoms with Crippen molar-refractivity contribution in [1.29, 1.82) is 0 Å². The lowest BCUT2D eigenvalue weighted by atomic mass is 9.66. The maximum Gasteiger partial charge on any atom is 0.120 e. The molecule has 2 aliphatic carbocycles. The van der Waals surface area contributed by atoms with E-state index >= 15 is 0 Å². The molecule has 4 atom stereocenters. The number of rotatable bonds is 4. The summed E-state index contributed by atoms with van der Waals surface area (Å²) in [4.78, 5) is 2.19. The van der Waals surface area contributed by atoms with Crippen molar-refractivity contribution in [2.75, 3.05) is 27.7 Å². The average Bonchev–Trinajstić information content (AvgIpc) is 2.86. The summed E-state index contributed by atoms with van der Waals surface area (Å²) < 4.78 is 5.35. The van der Waals surface area contributed by atoms with Crippen molar-refractivity contribution in [3.05, 3.63) is 28.8 Å². The molecular formula is C18H27Cl2NO2. The number of aliphatic hydroxyl groups is 1. The van der Waals surface area contributed by atoms with Gasteiger partial charge in [0.05, 0.1) is 12.7 Å². The summed E-state index contributed by atoms with van der Waals surface area (Å²) in [5.74, 6) is 2.22. The zero-order valence-electron chi connectivity index (χ0n) is 14.1. The van der Waals surface area contributed by atoms with Crippen molar-refractivity contribution in [2.45, 2.75) is 31.3 Å². The third kappa shape index (κ3) is 3.63. The Hall–Kier alpha value is -0.480. The highest BCUT2D eigenvalue weighted by Gasteiger charge is 2.51. The van der Waals surface area contributed by atoms with Crippen LogP contribution in [0.1, 0.15) is 31.2 Å². The van der Waals surface area contributed by atoms with Crippen molar-refractivity contribution in [3.63, 3.8) is 0 Å².